The molecule has 0 aliphatic carbocycles. The third-order valence-corrected chi connectivity index (χ3v) is 4.69. The lowest BCUT2D eigenvalue weighted by atomic mass is 10.1. The predicted octanol–water partition coefficient (Wildman–Crippen LogP) is 4.33. The molecule has 0 unspecified atom stereocenters. The fraction of sp³-hybridized carbons (Fsp3) is 0.409. The normalized spacial score (nSPS) is 15.1. The van der Waals surface area contributed by atoms with E-state index in [9.17, 15) is 5.11 Å². The minimum atomic E-state index is -0.187. The van der Waals surface area contributed by atoms with E-state index in [2.05, 4.69) is 36.2 Å². The van der Waals surface area contributed by atoms with Crippen LogP contribution in [0, 0.1) is 6.92 Å². The van der Waals surface area contributed by atoms with Crippen LogP contribution in [0.4, 0.5) is 0 Å². The number of rotatable bonds is 5. The Hall–Kier alpha value is -1.80. The van der Waals surface area contributed by atoms with Crippen LogP contribution in [0.5, 0.6) is 11.5 Å². The van der Waals surface area contributed by atoms with Gasteiger partial charge in [0.1, 0.15) is 11.5 Å². The van der Waals surface area contributed by atoms with Gasteiger partial charge in [0, 0.05) is 25.2 Å². The maximum Gasteiger partial charge on any atom is 0.194 e. The van der Waals surface area contributed by atoms with E-state index in [1.165, 1.54) is 5.56 Å². The first-order valence-corrected chi connectivity index (χ1v) is 9.69. The van der Waals surface area contributed by atoms with Gasteiger partial charge in [-0.1, -0.05) is 30.3 Å². The summed E-state index contributed by atoms with van der Waals surface area (Å²) in [5.74, 6) is 2.56. The smallest absolute Gasteiger partial charge is 0.194 e. The molecule has 0 atom stereocenters. The summed E-state index contributed by atoms with van der Waals surface area (Å²) in [6.45, 7) is 7.15. The first kappa shape index (κ1) is 22.5. The molecule has 0 radical (unpaired) electrons. The minimum absolute atomic E-state index is 0. The van der Waals surface area contributed by atoms with Gasteiger partial charge in [0.05, 0.1) is 12.6 Å². The summed E-state index contributed by atoms with van der Waals surface area (Å²) >= 11 is 0. The Morgan fingerprint density at radius 2 is 1.93 bits per heavy atom. The Morgan fingerprint density at radius 1 is 1.18 bits per heavy atom. The van der Waals surface area contributed by atoms with Gasteiger partial charge in [0.2, 0.25) is 0 Å². The lowest BCUT2D eigenvalue weighted by Crippen LogP contribution is -2.46. The number of para-hydroxylation sites is 1. The van der Waals surface area contributed by atoms with Crippen LogP contribution in [0.15, 0.2) is 53.5 Å². The van der Waals surface area contributed by atoms with Crippen LogP contribution in [0.25, 0.3) is 0 Å². The number of benzene rings is 2. The van der Waals surface area contributed by atoms with E-state index >= 15 is 0 Å². The lowest BCUT2D eigenvalue weighted by molar-refractivity contribution is 0.108. The molecule has 1 fully saturated rings. The van der Waals surface area contributed by atoms with E-state index in [0.717, 1.165) is 55.5 Å². The molecular formula is C22H30IN3O2. The molecular weight excluding hydrogens is 465 g/mol. The summed E-state index contributed by atoms with van der Waals surface area (Å²) in [5.41, 5.74) is 2.22. The Bertz CT molecular complexity index is 774. The van der Waals surface area contributed by atoms with Gasteiger partial charge in [-0.3, -0.25) is 0 Å². The summed E-state index contributed by atoms with van der Waals surface area (Å²) in [6.07, 6.45) is 1.39. The maximum absolute atomic E-state index is 9.74. The number of aliphatic imine (C=N–C) groups is 1. The van der Waals surface area contributed by atoms with E-state index in [1.807, 2.05) is 36.4 Å². The Morgan fingerprint density at radius 3 is 2.64 bits per heavy atom. The molecule has 0 bridgehead atoms. The Kier molecular flexibility index (Phi) is 9.05. The van der Waals surface area contributed by atoms with Crippen LogP contribution in [0.2, 0.25) is 0 Å². The van der Waals surface area contributed by atoms with Crippen molar-refractivity contribution in [1.82, 2.24) is 10.2 Å². The highest BCUT2D eigenvalue weighted by Crippen LogP contribution is 2.26. The third kappa shape index (κ3) is 6.38. The van der Waals surface area contributed by atoms with Gasteiger partial charge < -0.3 is 20.1 Å². The van der Waals surface area contributed by atoms with Gasteiger partial charge in [-0.25, -0.2) is 4.99 Å². The van der Waals surface area contributed by atoms with Crippen LogP contribution in [-0.4, -0.2) is 41.7 Å². The van der Waals surface area contributed by atoms with Crippen molar-refractivity contribution in [3.8, 4) is 11.5 Å². The highest BCUT2D eigenvalue weighted by atomic mass is 127. The Balaban J connectivity index is 0.00000280. The zero-order valence-electron chi connectivity index (χ0n) is 16.6. The topological polar surface area (TPSA) is 57.1 Å². The highest BCUT2D eigenvalue weighted by molar-refractivity contribution is 14.0. The number of aryl methyl sites for hydroxylation is 1. The van der Waals surface area contributed by atoms with Crippen molar-refractivity contribution in [3.63, 3.8) is 0 Å². The number of nitrogens with one attached hydrogen (secondary N) is 1. The summed E-state index contributed by atoms with van der Waals surface area (Å²) < 4.78 is 6.11. The molecule has 1 heterocycles. The molecule has 6 heteroatoms. The van der Waals surface area contributed by atoms with Crippen molar-refractivity contribution >= 4 is 29.9 Å². The van der Waals surface area contributed by atoms with Crippen LogP contribution in [-0.2, 0) is 6.54 Å². The number of halogens is 1. The SMILES string of the molecule is CCNC(=NCc1ccccc1Oc1cccc(C)c1)N1CCC(O)CC1.I. The Labute approximate surface area is 184 Å². The minimum Gasteiger partial charge on any atom is -0.457 e. The highest BCUT2D eigenvalue weighted by Gasteiger charge is 2.19. The van der Waals surface area contributed by atoms with Crippen molar-refractivity contribution in [2.24, 2.45) is 4.99 Å². The number of nitrogens with zero attached hydrogens (tertiary/aromatic N) is 2. The van der Waals surface area contributed by atoms with Crippen molar-refractivity contribution in [1.29, 1.82) is 0 Å². The number of ether oxygens (including phenoxy) is 1. The molecule has 0 spiro atoms. The second kappa shape index (κ2) is 11.3. The zero-order valence-corrected chi connectivity index (χ0v) is 18.9. The average molecular weight is 495 g/mol. The molecule has 152 valence electrons. The maximum atomic E-state index is 9.74. The van der Waals surface area contributed by atoms with E-state index in [1.54, 1.807) is 0 Å². The monoisotopic (exact) mass is 495 g/mol. The fourth-order valence-electron chi connectivity index (χ4n) is 3.20. The molecule has 2 aromatic rings. The molecule has 2 N–H and O–H groups in total. The second-order valence-electron chi connectivity index (χ2n) is 6.91. The van der Waals surface area contributed by atoms with Crippen molar-refractivity contribution < 1.29 is 9.84 Å². The van der Waals surface area contributed by atoms with Crippen molar-refractivity contribution in [2.75, 3.05) is 19.6 Å². The number of piperidine rings is 1. The molecule has 1 aliphatic heterocycles. The molecule has 1 aliphatic rings. The van der Waals surface area contributed by atoms with Gasteiger partial charge >= 0.3 is 0 Å². The fourth-order valence-corrected chi connectivity index (χ4v) is 3.20. The number of aliphatic hydroxyl groups excluding tert-OH is 1. The van der Waals surface area contributed by atoms with E-state index in [0.29, 0.717) is 6.54 Å². The number of likely N-dealkylation sites (tertiary alicyclic amines) is 1. The molecule has 0 amide bonds. The van der Waals surface area contributed by atoms with Crippen LogP contribution < -0.4 is 10.1 Å². The van der Waals surface area contributed by atoms with Gasteiger partial charge in [0.25, 0.3) is 0 Å². The molecule has 1 saturated heterocycles. The molecule has 0 saturated carbocycles. The lowest BCUT2D eigenvalue weighted by Gasteiger charge is -2.32. The quantitative estimate of drug-likeness (QED) is 0.369. The molecule has 5 nitrogen and oxygen atoms in total. The van der Waals surface area contributed by atoms with Crippen molar-refractivity contribution in [3.05, 3.63) is 59.7 Å². The largest absolute Gasteiger partial charge is 0.457 e. The summed E-state index contributed by atoms with van der Waals surface area (Å²) in [5, 5.41) is 13.1. The zero-order chi connectivity index (χ0) is 19.1. The third-order valence-electron chi connectivity index (χ3n) is 4.69. The van der Waals surface area contributed by atoms with Gasteiger partial charge in [0.15, 0.2) is 5.96 Å². The summed E-state index contributed by atoms with van der Waals surface area (Å²) in [4.78, 5) is 7.04. The first-order valence-electron chi connectivity index (χ1n) is 9.69. The molecule has 3 rings (SSSR count). The standard InChI is InChI=1S/C22H29N3O2.HI/c1-3-23-22(25-13-11-19(26)12-14-25)24-16-18-8-4-5-10-21(18)27-20-9-6-7-17(2)15-20;/h4-10,15,19,26H,3,11-14,16H2,1-2H3,(H,23,24);1H. The number of guanidine groups is 1. The van der Waals surface area contributed by atoms with E-state index in [-0.39, 0.29) is 30.1 Å². The van der Waals surface area contributed by atoms with Gasteiger partial charge in [-0.15, -0.1) is 24.0 Å². The number of hydrogen-bond donors (Lipinski definition) is 2. The predicted molar refractivity (Wildman–Crippen MR) is 125 cm³/mol. The molecule has 2 aromatic carbocycles. The van der Waals surface area contributed by atoms with E-state index < -0.39 is 0 Å². The van der Waals surface area contributed by atoms with E-state index in [4.69, 9.17) is 9.73 Å². The summed E-state index contributed by atoms with van der Waals surface area (Å²) in [7, 11) is 0. The second-order valence-corrected chi connectivity index (χ2v) is 6.91. The van der Waals surface area contributed by atoms with Crippen LogP contribution in [0.1, 0.15) is 30.9 Å². The van der Waals surface area contributed by atoms with Gasteiger partial charge in [-0.05, 0) is 50.5 Å². The molecule has 28 heavy (non-hydrogen) atoms. The molecule has 0 aromatic heterocycles. The number of aliphatic hydroxyl groups is 1. The summed E-state index contributed by atoms with van der Waals surface area (Å²) in [6, 6.07) is 16.1. The number of hydrogen-bond acceptors (Lipinski definition) is 3. The van der Waals surface area contributed by atoms with Gasteiger partial charge in [-0.2, -0.15) is 0 Å². The average Bonchev–Trinajstić information content (AvgIpc) is 2.67. The van der Waals surface area contributed by atoms with Crippen molar-refractivity contribution in [2.45, 2.75) is 39.3 Å². The van der Waals surface area contributed by atoms with Crippen LogP contribution in [0.3, 0.4) is 0 Å². The first-order chi connectivity index (χ1) is 13.2. The van der Waals surface area contributed by atoms with Crippen LogP contribution >= 0.6 is 24.0 Å².